The topological polar surface area (TPSA) is 57.7 Å². The van der Waals surface area contributed by atoms with Gasteiger partial charge in [0.2, 0.25) is 17.7 Å². The Bertz CT molecular complexity index is 811. The Morgan fingerprint density at radius 2 is 1.48 bits per heavy atom. The molecule has 5 nitrogen and oxygen atoms in total. The van der Waals surface area contributed by atoms with Crippen molar-refractivity contribution in [3.8, 4) is 0 Å². The number of fused-ring (bicyclic) bond motifs is 1. The smallest absolute Gasteiger partial charge is 0.246 e. The zero-order valence-corrected chi connectivity index (χ0v) is 16.7. The number of likely N-dealkylation sites (tertiary alicyclic amines) is 2. The fourth-order valence-corrected chi connectivity index (χ4v) is 5.86. The van der Waals surface area contributed by atoms with Crippen molar-refractivity contribution in [3.63, 3.8) is 0 Å². The van der Waals surface area contributed by atoms with Crippen molar-refractivity contribution < 1.29 is 14.4 Å². The van der Waals surface area contributed by atoms with Gasteiger partial charge in [0.1, 0.15) is 6.04 Å². The Morgan fingerprint density at radius 1 is 0.897 bits per heavy atom. The number of benzene rings is 1. The quantitative estimate of drug-likeness (QED) is 0.585. The van der Waals surface area contributed by atoms with E-state index in [-0.39, 0.29) is 41.4 Å². The molecule has 0 N–H and O–H groups in total. The Balaban J connectivity index is 1.48. The summed E-state index contributed by atoms with van der Waals surface area (Å²) in [7, 11) is 0. The number of nitrogens with zero attached hydrogens (tertiary/aromatic N) is 2. The van der Waals surface area contributed by atoms with Crippen LogP contribution in [0.25, 0.3) is 0 Å². The lowest BCUT2D eigenvalue weighted by molar-refractivity contribution is -0.152. The first-order valence-corrected chi connectivity index (χ1v) is 11.0. The maximum Gasteiger partial charge on any atom is 0.246 e. The molecule has 3 fully saturated rings. The molecule has 5 heteroatoms. The molecule has 2 bridgehead atoms. The van der Waals surface area contributed by atoms with Crippen molar-refractivity contribution in [2.24, 2.45) is 23.7 Å². The molecule has 2 aliphatic heterocycles. The Labute approximate surface area is 171 Å². The van der Waals surface area contributed by atoms with E-state index in [1.165, 1.54) is 4.90 Å². The molecule has 29 heavy (non-hydrogen) atoms. The van der Waals surface area contributed by atoms with Crippen LogP contribution in [0, 0.1) is 23.7 Å². The molecule has 0 unspecified atom stereocenters. The molecule has 0 spiro atoms. The van der Waals surface area contributed by atoms with E-state index in [1.807, 2.05) is 35.2 Å². The highest BCUT2D eigenvalue weighted by atomic mass is 16.2. The van der Waals surface area contributed by atoms with E-state index in [0.29, 0.717) is 6.42 Å². The summed E-state index contributed by atoms with van der Waals surface area (Å²) in [4.78, 5) is 43.7. The van der Waals surface area contributed by atoms with E-state index in [4.69, 9.17) is 0 Å². The second kappa shape index (κ2) is 7.43. The van der Waals surface area contributed by atoms with Gasteiger partial charge >= 0.3 is 0 Å². The number of hydrogen-bond donors (Lipinski definition) is 0. The number of rotatable bonds is 4. The minimum atomic E-state index is -0.722. The second-order valence-electron chi connectivity index (χ2n) is 8.98. The van der Waals surface area contributed by atoms with Crippen LogP contribution >= 0.6 is 0 Å². The molecule has 3 aliphatic carbocycles. The van der Waals surface area contributed by atoms with Crippen molar-refractivity contribution in [2.45, 2.75) is 44.6 Å². The van der Waals surface area contributed by atoms with E-state index in [9.17, 15) is 14.4 Å². The SMILES string of the molecule is O=C([C@@H](Cc1ccccc1)N1C(=O)[C@@H]2[C@H](C1=O)[C@H]1C=C[C@H]2CC1)N1CCCCC1. The molecule has 152 valence electrons. The molecule has 6 rings (SSSR count). The van der Waals surface area contributed by atoms with Gasteiger partial charge < -0.3 is 4.90 Å². The number of hydrogen-bond acceptors (Lipinski definition) is 3. The van der Waals surface area contributed by atoms with Crippen LogP contribution in [0.15, 0.2) is 42.5 Å². The Hall–Kier alpha value is -2.43. The van der Waals surface area contributed by atoms with Gasteiger partial charge in [0, 0.05) is 19.5 Å². The average molecular weight is 392 g/mol. The number of carbonyl (C=O) groups is 3. The first kappa shape index (κ1) is 18.6. The second-order valence-corrected chi connectivity index (χ2v) is 8.98. The predicted molar refractivity (Wildman–Crippen MR) is 109 cm³/mol. The monoisotopic (exact) mass is 392 g/mol. The standard InChI is InChI=1S/C24H28N2O3/c27-22(25-13-5-2-6-14-25)19(15-16-7-3-1-4-8-16)26-23(28)20-17-9-10-18(12-11-17)21(20)24(26)29/h1,3-4,7-10,17-21H,2,5-6,11-15H2/t17-,18-,19+,20-,21+/m0/s1. The van der Waals surface area contributed by atoms with Crippen molar-refractivity contribution >= 4 is 17.7 Å². The fraction of sp³-hybridized carbons (Fsp3) is 0.542. The summed E-state index contributed by atoms with van der Waals surface area (Å²) < 4.78 is 0. The first-order chi connectivity index (χ1) is 14.1. The van der Waals surface area contributed by atoms with Gasteiger partial charge in [-0.15, -0.1) is 0 Å². The molecule has 1 saturated carbocycles. The van der Waals surface area contributed by atoms with E-state index < -0.39 is 6.04 Å². The third-order valence-electron chi connectivity index (χ3n) is 7.33. The maximum atomic E-state index is 13.5. The highest BCUT2D eigenvalue weighted by Gasteiger charge is 2.58. The van der Waals surface area contributed by atoms with Crippen molar-refractivity contribution in [2.75, 3.05) is 13.1 Å². The van der Waals surface area contributed by atoms with E-state index in [2.05, 4.69) is 12.2 Å². The van der Waals surface area contributed by atoms with Gasteiger partial charge in [0.25, 0.3) is 0 Å². The molecule has 2 heterocycles. The zero-order valence-electron chi connectivity index (χ0n) is 16.7. The Morgan fingerprint density at radius 3 is 2.03 bits per heavy atom. The number of carbonyl (C=O) groups excluding carboxylic acids is 3. The molecular weight excluding hydrogens is 364 g/mol. The first-order valence-electron chi connectivity index (χ1n) is 11.0. The average Bonchev–Trinajstić information content (AvgIpc) is 3.06. The lowest BCUT2D eigenvalue weighted by atomic mass is 9.63. The maximum absolute atomic E-state index is 13.5. The van der Waals surface area contributed by atoms with Crippen LogP contribution in [0.5, 0.6) is 0 Å². The van der Waals surface area contributed by atoms with Gasteiger partial charge in [-0.25, -0.2) is 0 Å². The summed E-state index contributed by atoms with van der Waals surface area (Å²) in [6, 6.07) is 9.04. The van der Waals surface area contributed by atoms with Crippen LogP contribution in [0.1, 0.15) is 37.7 Å². The number of piperidine rings is 1. The summed E-state index contributed by atoms with van der Waals surface area (Å²) >= 11 is 0. The lowest BCUT2D eigenvalue weighted by Gasteiger charge is -2.38. The van der Waals surface area contributed by atoms with Gasteiger partial charge in [-0.2, -0.15) is 0 Å². The molecule has 0 radical (unpaired) electrons. The number of imide groups is 1. The number of allylic oxidation sites excluding steroid dienone is 2. The minimum absolute atomic E-state index is 0.0609. The number of amides is 3. The highest BCUT2D eigenvalue weighted by Crippen LogP contribution is 2.50. The molecule has 1 aromatic carbocycles. The summed E-state index contributed by atoms with van der Waals surface area (Å²) in [5.41, 5.74) is 0.986. The van der Waals surface area contributed by atoms with Crippen LogP contribution in [0.3, 0.4) is 0 Å². The normalized spacial score (nSPS) is 31.9. The summed E-state index contributed by atoms with van der Waals surface area (Å²) in [6.07, 6.45) is 9.71. The van der Waals surface area contributed by atoms with Crippen molar-refractivity contribution in [1.29, 1.82) is 0 Å². The lowest BCUT2D eigenvalue weighted by Crippen LogP contribution is -2.53. The minimum Gasteiger partial charge on any atom is -0.341 e. The summed E-state index contributed by atoms with van der Waals surface area (Å²) in [5.74, 6) is -0.537. The van der Waals surface area contributed by atoms with Gasteiger partial charge in [-0.1, -0.05) is 42.5 Å². The Kier molecular flexibility index (Phi) is 4.76. The molecule has 3 amide bonds. The van der Waals surface area contributed by atoms with Gasteiger partial charge in [0.05, 0.1) is 11.8 Å². The van der Waals surface area contributed by atoms with Crippen molar-refractivity contribution in [3.05, 3.63) is 48.0 Å². The van der Waals surface area contributed by atoms with Crippen LogP contribution in [-0.2, 0) is 20.8 Å². The van der Waals surface area contributed by atoms with Crippen molar-refractivity contribution in [1.82, 2.24) is 9.80 Å². The highest BCUT2D eigenvalue weighted by molar-refractivity contribution is 6.09. The predicted octanol–water partition coefficient (Wildman–Crippen LogP) is 2.81. The van der Waals surface area contributed by atoms with Gasteiger partial charge in [0.15, 0.2) is 0 Å². The largest absolute Gasteiger partial charge is 0.341 e. The third-order valence-corrected chi connectivity index (χ3v) is 7.33. The van der Waals surface area contributed by atoms with E-state index in [0.717, 1.165) is 50.8 Å². The van der Waals surface area contributed by atoms with Gasteiger partial charge in [-0.05, 0) is 49.5 Å². The third kappa shape index (κ3) is 3.11. The van der Waals surface area contributed by atoms with Crippen LogP contribution in [-0.4, -0.2) is 46.7 Å². The van der Waals surface area contributed by atoms with E-state index in [1.54, 1.807) is 0 Å². The van der Waals surface area contributed by atoms with E-state index >= 15 is 0 Å². The molecule has 2 saturated heterocycles. The summed E-state index contributed by atoms with van der Waals surface area (Å²) in [6.45, 7) is 1.44. The molecule has 5 atom stereocenters. The van der Waals surface area contributed by atoms with Crippen LogP contribution < -0.4 is 0 Å². The molecule has 1 aromatic rings. The molecular formula is C24H28N2O3. The van der Waals surface area contributed by atoms with Crippen LogP contribution in [0.2, 0.25) is 0 Å². The fourth-order valence-electron chi connectivity index (χ4n) is 5.86. The molecule has 5 aliphatic rings. The summed E-state index contributed by atoms with van der Waals surface area (Å²) in [5, 5.41) is 0. The van der Waals surface area contributed by atoms with Gasteiger partial charge in [-0.3, -0.25) is 19.3 Å². The van der Waals surface area contributed by atoms with Crippen LogP contribution in [0.4, 0.5) is 0 Å². The molecule has 0 aromatic heterocycles. The zero-order chi connectivity index (χ0) is 20.0.